The first kappa shape index (κ1) is 13.8. The number of hydrogen-bond donors (Lipinski definition) is 1. The molecule has 2 aromatic rings. The summed E-state index contributed by atoms with van der Waals surface area (Å²) in [5.41, 5.74) is 8.29. The van der Waals surface area contributed by atoms with Gasteiger partial charge in [0.25, 0.3) is 0 Å². The highest BCUT2D eigenvalue weighted by Crippen LogP contribution is 2.32. The van der Waals surface area contributed by atoms with E-state index >= 15 is 0 Å². The van der Waals surface area contributed by atoms with E-state index < -0.39 is 0 Å². The summed E-state index contributed by atoms with van der Waals surface area (Å²) in [5, 5.41) is 0. The van der Waals surface area contributed by atoms with Crippen LogP contribution in [0.1, 0.15) is 17.2 Å². The van der Waals surface area contributed by atoms with Crippen LogP contribution in [0.3, 0.4) is 0 Å². The molecule has 1 atom stereocenters. The minimum Gasteiger partial charge on any atom is -0.491 e. The molecule has 110 valence electrons. The van der Waals surface area contributed by atoms with E-state index in [4.69, 9.17) is 19.9 Å². The Kier molecular flexibility index (Phi) is 3.97. The van der Waals surface area contributed by atoms with E-state index in [1.165, 1.54) is 0 Å². The van der Waals surface area contributed by atoms with Crippen LogP contribution < -0.4 is 19.9 Å². The van der Waals surface area contributed by atoms with E-state index in [9.17, 15) is 0 Å². The highest BCUT2D eigenvalue weighted by atomic mass is 16.6. The van der Waals surface area contributed by atoms with E-state index in [1.54, 1.807) is 0 Å². The van der Waals surface area contributed by atoms with Crippen LogP contribution in [-0.4, -0.2) is 19.8 Å². The van der Waals surface area contributed by atoms with Crippen LogP contribution >= 0.6 is 0 Å². The van der Waals surface area contributed by atoms with Crippen LogP contribution in [-0.2, 0) is 0 Å². The smallest absolute Gasteiger partial charge is 0.161 e. The van der Waals surface area contributed by atoms with Crippen LogP contribution in [0, 0.1) is 6.92 Å². The molecule has 4 nitrogen and oxygen atoms in total. The van der Waals surface area contributed by atoms with Gasteiger partial charge in [-0.3, -0.25) is 0 Å². The van der Waals surface area contributed by atoms with Crippen molar-refractivity contribution in [2.24, 2.45) is 5.73 Å². The predicted octanol–water partition coefficient (Wildman–Crippen LogP) is 2.85. The lowest BCUT2D eigenvalue weighted by atomic mass is 10.1. The maximum atomic E-state index is 6.20. The molecule has 1 aliphatic heterocycles. The first-order valence-electron chi connectivity index (χ1n) is 7.07. The molecule has 0 bridgehead atoms. The number of hydrogen-bond acceptors (Lipinski definition) is 4. The molecule has 0 saturated heterocycles. The molecule has 2 aromatic carbocycles. The van der Waals surface area contributed by atoms with Gasteiger partial charge in [0, 0.05) is 0 Å². The second-order valence-electron chi connectivity index (χ2n) is 5.09. The zero-order valence-electron chi connectivity index (χ0n) is 12.0. The van der Waals surface area contributed by atoms with Crippen molar-refractivity contribution in [3.63, 3.8) is 0 Å². The SMILES string of the molecule is Cc1ccccc1OCC(N)c1ccc2c(c1)OCCO2. The summed E-state index contributed by atoms with van der Waals surface area (Å²) in [6, 6.07) is 13.5. The van der Waals surface area contributed by atoms with E-state index in [0.29, 0.717) is 19.8 Å². The molecule has 3 rings (SSSR count). The normalized spacial score (nSPS) is 14.6. The van der Waals surface area contributed by atoms with E-state index in [0.717, 1.165) is 28.4 Å². The first-order chi connectivity index (χ1) is 10.2. The molecule has 1 aliphatic rings. The fraction of sp³-hybridized carbons (Fsp3) is 0.294. The van der Waals surface area contributed by atoms with Gasteiger partial charge in [-0.2, -0.15) is 0 Å². The van der Waals surface area contributed by atoms with Gasteiger partial charge in [0.1, 0.15) is 25.6 Å². The topological polar surface area (TPSA) is 53.7 Å². The molecule has 0 spiro atoms. The summed E-state index contributed by atoms with van der Waals surface area (Å²) in [6.45, 7) is 3.61. The third-order valence-corrected chi connectivity index (χ3v) is 3.51. The monoisotopic (exact) mass is 285 g/mol. The van der Waals surface area contributed by atoms with Crippen molar-refractivity contribution in [3.05, 3.63) is 53.6 Å². The molecule has 1 heterocycles. The highest BCUT2D eigenvalue weighted by molar-refractivity contribution is 5.44. The Morgan fingerprint density at radius 3 is 2.67 bits per heavy atom. The van der Waals surface area contributed by atoms with Crippen molar-refractivity contribution in [1.29, 1.82) is 0 Å². The summed E-state index contributed by atoms with van der Waals surface area (Å²) >= 11 is 0. The number of ether oxygens (including phenoxy) is 3. The lowest BCUT2D eigenvalue weighted by molar-refractivity contribution is 0.171. The third-order valence-electron chi connectivity index (χ3n) is 3.51. The minimum absolute atomic E-state index is 0.208. The Morgan fingerprint density at radius 2 is 1.86 bits per heavy atom. The van der Waals surface area contributed by atoms with Crippen LogP contribution in [0.5, 0.6) is 17.2 Å². The largest absolute Gasteiger partial charge is 0.491 e. The zero-order chi connectivity index (χ0) is 14.7. The molecule has 0 aromatic heterocycles. The molecular weight excluding hydrogens is 266 g/mol. The molecule has 0 aliphatic carbocycles. The van der Waals surface area contributed by atoms with E-state index in [-0.39, 0.29) is 6.04 Å². The highest BCUT2D eigenvalue weighted by Gasteiger charge is 2.15. The van der Waals surface area contributed by atoms with Gasteiger partial charge in [0.15, 0.2) is 11.5 Å². The summed E-state index contributed by atoms with van der Waals surface area (Å²) in [5.74, 6) is 2.40. The number of benzene rings is 2. The van der Waals surface area contributed by atoms with Gasteiger partial charge in [0.05, 0.1) is 6.04 Å². The van der Waals surface area contributed by atoms with Crippen LogP contribution in [0.4, 0.5) is 0 Å². The fourth-order valence-corrected chi connectivity index (χ4v) is 2.28. The molecule has 21 heavy (non-hydrogen) atoms. The van der Waals surface area contributed by atoms with Crippen LogP contribution in [0.25, 0.3) is 0 Å². The van der Waals surface area contributed by atoms with Crippen LogP contribution in [0.2, 0.25) is 0 Å². The summed E-state index contributed by atoms with van der Waals surface area (Å²) < 4.78 is 16.9. The quantitative estimate of drug-likeness (QED) is 0.938. The second-order valence-corrected chi connectivity index (χ2v) is 5.09. The van der Waals surface area contributed by atoms with Crippen molar-refractivity contribution >= 4 is 0 Å². The zero-order valence-corrected chi connectivity index (χ0v) is 12.0. The van der Waals surface area contributed by atoms with E-state index in [2.05, 4.69) is 0 Å². The lowest BCUT2D eigenvalue weighted by Crippen LogP contribution is -2.20. The molecular formula is C17H19NO3. The summed E-state index contributed by atoms with van der Waals surface area (Å²) in [7, 11) is 0. The molecule has 0 amide bonds. The van der Waals surface area contributed by atoms with Gasteiger partial charge in [0.2, 0.25) is 0 Å². The van der Waals surface area contributed by atoms with Crippen molar-refractivity contribution in [2.75, 3.05) is 19.8 Å². The Morgan fingerprint density at radius 1 is 1.10 bits per heavy atom. The number of para-hydroxylation sites is 1. The molecule has 2 N–H and O–H groups in total. The number of fused-ring (bicyclic) bond motifs is 1. The molecule has 0 saturated carbocycles. The second kappa shape index (κ2) is 6.06. The van der Waals surface area contributed by atoms with Gasteiger partial charge >= 0.3 is 0 Å². The Balaban J connectivity index is 1.68. The molecule has 4 heteroatoms. The summed E-state index contributed by atoms with van der Waals surface area (Å²) in [6.07, 6.45) is 0. The average Bonchev–Trinajstić information content (AvgIpc) is 2.53. The third kappa shape index (κ3) is 3.11. The standard InChI is InChI=1S/C17H19NO3/c1-12-4-2-3-5-15(12)21-11-14(18)13-6-7-16-17(10-13)20-9-8-19-16/h2-7,10,14H,8-9,11,18H2,1H3. The average molecular weight is 285 g/mol. The fourth-order valence-electron chi connectivity index (χ4n) is 2.28. The van der Waals surface area contributed by atoms with Gasteiger partial charge < -0.3 is 19.9 Å². The maximum absolute atomic E-state index is 6.20. The van der Waals surface area contributed by atoms with Crippen molar-refractivity contribution in [1.82, 2.24) is 0 Å². The minimum atomic E-state index is -0.208. The van der Waals surface area contributed by atoms with Gasteiger partial charge in [-0.25, -0.2) is 0 Å². The van der Waals surface area contributed by atoms with Gasteiger partial charge in [-0.15, -0.1) is 0 Å². The number of aryl methyl sites for hydroxylation is 1. The van der Waals surface area contributed by atoms with Gasteiger partial charge in [-0.05, 0) is 36.2 Å². The Hall–Kier alpha value is -2.20. The van der Waals surface area contributed by atoms with Crippen LogP contribution in [0.15, 0.2) is 42.5 Å². The maximum Gasteiger partial charge on any atom is 0.161 e. The summed E-state index contributed by atoms with van der Waals surface area (Å²) in [4.78, 5) is 0. The Labute approximate surface area is 124 Å². The van der Waals surface area contributed by atoms with Crippen molar-refractivity contribution in [3.8, 4) is 17.2 Å². The first-order valence-corrected chi connectivity index (χ1v) is 7.07. The Bertz CT molecular complexity index is 627. The van der Waals surface area contributed by atoms with Crippen molar-refractivity contribution < 1.29 is 14.2 Å². The van der Waals surface area contributed by atoms with Crippen molar-refractivity contribution in [2.45, 2.75) is 13.0 Å². The molecule has 0 fully saturated rings. The lowest BCUT2D eigenvalue weighted by Gasteiger charge is -2.21. The number of rotatable bonds is 4. The molecule has 0 radical (unpaired) electrons. The van der Waals surface area contributed by atoms with Gasteiger partial charge in [-0.1, -0.05) is 24.3 Å². The predicted molar refractivity (Wildman–Crippen MR) is 81.0 cm³/mol. The van der Waals surface area contributed by atoms with E-state index in [1.807, 2.05) is 49.4 Å². The number of nitrogens with two attached hydrogens (primary N) is 1. The molecule has 1 unspecified atom stereocenters.